The van der Waals surface area contributed by atoms with Crippen LogP contribution in [0, 0.1) is 0 Å². The molecule has 0 fully saturated rings. The number of ether oxygens (including phenoxy) is 2. The smallest absolute Gasteiger partial charge is 0.270 e. The van der Waals surface area contributed by atoms with Gasteiger partial charge in [0.05, 0.1) is 25.3 Å². The van der Waals surface area contributed by atoms with Gasteiger partial charge in [0.25, 0.3) is 5.56 Å². The van der Waals surface area contributed by atoms with Gasteiger partial charge in [-0.15, -0.1) is 0 Å². The molecule has 5 nitrogen and oxygen atoms in total. The monoisotopic (exact) mass is 290 g/mol. The third-order valence-electron chi connectivity index (χ3n) is 3.16. The maximum absolute atomic E-state index is 12.2. The average Bonchev–Trinajstić information content (AvgIpc) is 3.03. The molecule has 1 aromatic heterocycles. The fourth-order valence-electron chi connectivity index (χ4n) is 2.16. The van der Waals surface area contributed by atoms with Gasteiger partial charge < -0.3 is 9.47 Å². The summed E-state index contributed by atoms with van der Waals surface area (Å²) in [5.41, 5.74) is 0.932. The van der Waals surface area contributed by atoms with E-state index in [4.69, 9.17) is 9.47 Å². The fraction of sp³-hybridized carbons (Fsp3) is 0.286. The molecule has 0 saturated carbocycles. The topological polar surface area (TPSA) is 52.8 Å². The molecule has 3 rings (SSSR count). The van der Waals surface area contributed by atoms with Crippen LogP contribution in [0.15, 0.2) is 28.0 Å². The van der Waals surface area contributed by atoms with Crippen LogP contribution >= 0.6 is 11.3 Å². The van der Waals surface area contributed by atoms with Crippen LogP contribution in [0.5, 0.6) is 11.5 Å². The number of hydrogen-bond acceptors (Lipinski definition) is 5. The third kappa shape index (κ3) is 2.12. The lowest BCUT2D eigenvalue weighted by Gasteiger charge is -2.07. The van der Waals surface area contributed by atoms with Crippen molar-refractivity contribution >= 4 is 17.4 Å². The van der Waals surface area contributed by atoms with Crippen molar-refractivity contribution in [2.45, 2.75) is 6.54 Å². The lowest BCUT2D eigenvalue weighted by Crippen LogP contribution is -2.29. The van der Waals surface area contributed by atoms with Crippen LogP contribution in [-0.4, -0.2) is 25.3 Å². The van der Waals surface area contributed by atoms with Crippen molar-refractivity contribution in [3.05, 3.63) is 43.5 Å². The van der Waals surface area contributed by atoms with E-state index in [2.05, 4.69) is 4.99 Å². The Labute approximate surface area is 119 Å². The molecule has 1 aliphatic heterocycles. The maximum Gasteiger partial charge on any atom is 0.270 e. The molecule has 0 radical (unpaired) electrons. The molecule has 0 bridgehead atoms. The van der Waals surface area contributed by atoms with Gasteiger partial charge in [-0.1, -0.05) is 17.4 Å². The van der Waals surface area contributed by atoms with Gasteiger partial charge in [0.1, 0.15) is 0 Å². The number of methoxy groups -OCH3 is 2. The summed E-state index contributed by atoms with van der Waals surface area (Å²) in [6, 6.07) is 5.58. The first kappa shape index (κ1) is 12.9. The summed E-state index contributed by atoms with van der Waals surface area (Å²) in [5.74, 6) is 1.32. The van der Waals surface area contributed by atoms with Crippen LogP contribution in [0.3, 0.4) is 0 Å². The normalized spacial score (nSPS) is 14.0. The van der Waals surface area contributed by atoms with Crippen molar-refractivity contribution in [3.8, 4) is 11.5 Å². The molecular formula is C14H14N2O3S. The number of fused-ring (bicyclic) bond motifs is 1. The van der Waals surface area contributed by atoms with Gasteiger partial charge in [-0.05, 0) is 23.8 Å². The molecule has 0 atom stereocenters. The molecular weight excluding hydrogens is 276 g/mol. The Kier molecular flexibility index (Phi) is 3.31. The van der Waals surface area contributed by atoms with E-state index in [-0.39, 0.29) is 5.56 Å². The standard InChI is InChI=1S/C14H14N2O3S/c1-18-10-4-3-9(7-11(10)19-2)8-12-13(17)16-6-5-15-14(16)20-12/h3-4,7-8H,5-6H2,1-2H3/b12-8+. The number of thiazole rings is 1. The number of benzene rings is 1. The highest BCUT2D eigenvalue weighted by Crippen LogP contribution is 2.27. The Hall–Kier alpha value is -2.08. The van der Waals surface area contributed by atoms with E-state index in [1.807, 2.05) is 24.3 Å². The second-order valence-corrected chi connectivity index (χ2v) is 5.36. The van der Waals surface area contributed by atoms with Crippen molar-refractivity contribution in [1.29, 1.82) is 0 Å². The summed E-state index contributed by atoms with van der Waals surface area (Å²) in [6.45, 7) is 1.39. The summed E-state index contributed by atoms with van der Waals surface area (Å²) in [5, 5.41) is 0. The van der Waals surface area contributed by atoms with Crippen molar-refractivity contribution in [3.63, 3.8) is 0 Å². The molecule has 2 heterocycles. The van der Waals surface area contributed by atoms with Crippen molar-refractivity contribution in [2.75, 3.05) is 20.8 Å². The molecule has 0 aliphatic carbocycles. The van der Waals surface area contributed by atoms with Gasteiger partial charge in [0, 0.05) is 6.54 Å². The van der Waals surface area contributed by atoms with Crippen LogP contribution in [0.4, 0.5) is 0 Å². The SMILES string of the molecule is COc1ccc(/C=c2/sc3n(c2=O)CCN=3)cc1OC. The van der Waals surface area contributed by atoms with E-state index in [9.17, 15) is 4.79 Å². The fourth-order valence-corrected chi connectivity index (χ4v) is 3.19. The lowest BCUT2D eigenvalue weighted by atomic mass is 10.2. The minimum absolute atomic E-state index is 0.0287. The Balaban J connectivity index is 2.11. The minimum atomic E-state index is 0.0287. The van der Waals surface area contributed by atoms with E-state index in [1.54, 1.807) is 18.8 Å². The third-order valence-corrected chi connectivity index (χ3v) is 4.21. The Bertz CT molecular complexity index is 820. The summed E-state index contributed by atoms with van der Waals surface area (Å²) in [7, 11) is 3.19. The average molecular weight is 290 g/mol. The molecule has 104 valence electrons. The van der Waals surface area contributed by atoms with Gasteiger partial charge in [-0.2, -0.15) is 0 Å². The predicted molar refractivity (Wildman–Crippen MR) is 77.3 cm³/mol. The van der Waals surface area contributed by atoms with E-state index in [0.717, 1.165) is 10.4 Å². The summed E-state index contributed by atoms with van der Waals surface area (Å²) in [6.07, 6.45) is 1.86. The molecule has 0 unspecified atom stereocenters. The number of aromatic nitrogens is 1. The highest BCUT2D eigenvalue weighted by atomic mass is 32.1. The van der Waals surface area contributed by atoms with Gasteiger partial charge >= 0.3 is 0 Å². The summed E-state index contributed by atoms with van der Waals surface area (Å²) < 4.78 is 12.9. The summed E-state index contributed by atoms with van der Waals surface area (Å²) in [4.78, 5) is 17.3. The zero-order valence-electron chi connectivity index (χ0n) is 11.3. The number of nitrogens with zero attached hydrogens (tertiary/aromatic N) is 2. The number of hydrogen-bond donors (Lipinski definition) is 0. The molecule has 0 N–H and O–H groups in total. The molecule has 1 aromatic carbocycles. The minimum Gasteiger partial charge on any atom is -0.493 e. The number of rotatable bonds is 3. The molecule has 0 saturated heterocycles. The molecule has 2 aromatic rings. The Morgan fingerprint density at radius 1 is 1.30 bits per heavy atom. The quantitative estimate of drug-likeness (QED) is 0.821. The molecule has 1 aliphatic rings. The van der Waals surface area contributed by atoms with Crippen molar-refractivity contribution in [1.82, 2.24) is 4.57 Å². The Morgan fingerprint density at radius 3 is 2.80 bits per heavy atom. The highest BCUT2D eigenvalue weighted by molar-refractivity contribution is 7.07. The van der Waals surface area contributed by atoms with E-state index < -0.39 is 0 Å². The largest absolute Gasteiger partial charge is 0.493 e. The molecule has 0 amide bonds. The molecule has 20 heavy (non-hydrogen) atoms. The van der Waals surface area contributed by atoms with Crippen LogP contribution in [-0.2, 0) is 6.54 Å². The second-order valence-electron chi connectivity index (χ2n) is 4.35. The van der Waals surface area contributed by atoms with Crippen LogP contribution < -0.4 is 24.4 Å². The lowest BCUT2D eigenvalue weighted by molar-refractivity contribution is 0.355. The van der Waals surface area contributed by atoms with Gasteiger partial charge in [0.2, 0.25) is 0 Å². The maximum atomic E-state index is 12.2. The van der Waals surface area contributed by atoms with Crippen LogP contribution in [0.1, 0.15) is 5.56 Å². The van der Waals surface area contributed by atoms with Crippen molar-refractivity contribution in [2.24, 2.45) is 4.99 Å². The van der Waals surface area contributed by atoms with Crippen LogP contribution in [0.25, 0.3) is 6.08 Å². The zero-order valence-corrected chi connectivity index (χ0v) is 12.1. The van der Waals surface area contributed by atoms with Crippen molar-refractivity contribution < 1.29 is 9.47 Å². The first-order valence-corrected chi connectivity index (χ1v) is 7.02. The van der Waals surface area contributed by atoms with E-state index in [0.29, 0.717) is 29.1 Å². The summed E-state index contributed by atoms with van der Waals surface area (Å²) >= 11 is 1.42. The van der Waals surface area contributed by atoms with Crippen LogP contribution in [0.2, 0.25) is 0 Å². The zero-order chi connectivity index (χ0) is 14.1. The highest BCUT2D eigenvalue weighted by Gasteiger charge is 2.10. The van der Waals surface area contributed by atoms with Gasteiger partial charge in [0.15, 0.2) is 16.3 Å². The Morgan fingerprint density at radius 2 is 2.10 bits per heavy atom. The molecule has 0 spiro atoms. The first-order chi connectivity index (χ1) is 9.72. The first-order valence-electron chi connectivity index (χ1n) is 6.21. The van der Waals surface area contributed by atoms with E-state index in [1.165, 1.54) is 11.3 Å². The second kappa shape index (κ2) is 5.13. The molecule has 6 heteroatoms. The van der Waals surface area contributed by atoms with Gasteiger partial charge in [-0.25, -0.2) is 0 Å². The predicted octanol–water partition coefficient (Wildman–Crippen LogP) is 0.389. The van der Waals surface area contributed by atoms with Gasteiger partial charge in [-0.3, -0.25) is 14.4 Å². The van der Waals surface area contributed by atoms with E-state index >= 15 is 0 Å².